The molecule has 1 amide bonds. The summed E-state index contributed by atoms with van der Waals surface area (Å²) < 4.78 is 22.3. The molecule has 10 heteroatoms. The van der Waals surface area contributed by atoms with Gasteiger partial charge in [0.25, 0.3) is 5.91 Å². The van der Waals surface area contributed by atoms with Crippen molar-refractivity contribution < 1.29 is 13.9 Å². The van der Waals surface area contributed by atoms with E-state index in [-0.39, 0.29) is 16.8 Å². The van der Waals surface area contributed by atoms with Gasteiger partial charge in [-0.3, -0.25) is 14.0 Å². The number of thiazole rings is 1. The summed E-state index contributed by atoms with van der Waals surface area (Å²) in [7, 11) is 0. The number of pyridine rings is 2. The van der Waals surface area contributed by atoms with Gasteiger partial charge in [0.1, 0.15) is 22.0 Å². The van der Waals surface area contributed by atoms with Crippen molar-refractivity contribution in [3.8, 4) is 0 Å². The topological polar surface area (TPSA) is 79.2 Å². The number of amides is 1. The highest BCUT2D eigenvalue weighted by Gasteiger charge is 2.24. The van der Waals surface area contributed by atoms with Gasteiger partial charge >= 0.3 is 0 Å². The number of aromatic nitrogens is 2. The number of nitrogens with one attached hydrogen (secondary N) is 1. The minimum Gasteiger partial charge on any atom is -0.378 e. The largest absolute Gasteiger partial charge is 0.378 e. The molecular weight excluding hydrogens is 469 g/mol. The fourth-order valence-corrected chi connectivity index (χ4v) is 6.16. The number of benzene rings is 1. The SMILES string of the molecule is O=C(NCCN1CCCC1)c1c(=O)c2ccc(N3CCOCC3)nc2n2c1sc1ccc(F)cc12. The van der Waals surface area contributed by atoms with E-state index < -0.39 is 5.91 Å². The zero-order chi connectivity index (χ0) is 23.9. The number of morpholine rings is 1. The molecule has 0 spiro atoms. The van der Waals surface area contributed by atoms with Crippen LogP contribution in [0.1, 0.15) is 23.2 Å². The second kappa shape index (κ2) is 9.18. The standard InChI is InChI=1S/C25H26FN5O3S/c26-16-3-5-19-18(15-16)31-23-17(4-6-20(28-23)30-11-13-34-14-12-30)22(32)21(25(31)35-19)24(33)27-7-10-29-8-1-2-9-29/h3-6,15H,1-2,7-14H2,(H,27,33). The predicted molar refractivity (Wildman–Crippen MR) is 135 cm³/mol. The maximum atomic E-state index is 14.3. The fourth-order valence-electron chi connectivity index (χ4n) is 4.99. The van der Waals surface area contributed by atoms with Gasteiger partial charge < -0.3 is 19.9 Å². The van der Waals surface area contributed by atoms with Crippen molar-refractivity contribution in [2.45, 2.75) is 12.8 Å². The van der Waals surface area contributed by atoms with Gasteiger partial charge in [0.2, 0.25) is 5.43 Å². The summed E-state index contributed by atoms with van der Waals surface area (Å²) in [5, 5.41) is 3.28. The highest BCUT2D eigenvalue weighted by Crippen LogP contribution is 2.32. The number of likely N-dealkylation sites (tertiary alicyclic amines) is 1. The number of halogens is 1. The van der Waals surface area contributed by atoms with Crippen LogP contribution in [-0.4, -0.2) is 72.7 Å². The molecule has 0 atom stereocenters. The van der Waals surface area contributed by atoms with Crippen LogP contribution < -0.4 is 15.6 Å². The molecule has 3 aromatic heterocycles. The van der Waals surface area contributed by atoms with Crippen molar-refractivity contribution in [3.05, 3.63) is 51.9 Å². The molecular formula is C25H26FN5O3S. The summed E-state index contributed by atoms with van der Waals surface area (Å²) in [6.45, 7) is 5.92. The zero-order valence-electron chi connectivity index (χ0n) is 19.3. The number of ether oxygens (including phenoxy) is 1. The first-order valence-electron chi connectivity index (χ1n) is 12.0. The van der Waals surface area contributed by atoms with E-state index in [1.807, 2.05) is 6.07 Å². The van der Waals surface area contributed by atoms with E-state index >= 15 is 0 Å². The average Bonchev–Trinajstić information content (AvgIpc) is 3.52. The highest BCUT2D eigenvalue weighted by atomic mass is 32.1. The normalized spacial score (nSPS) is 17.1. The zero-order valence-corrected chi connectivity index (χ0v) is 20.1. The molecule has 1 N–H and O–H groups in total. The highest BCUT2D eigenvalue weighted by molar-refractivity contribution is 7.24. The molecule has 0 radical (unpaired) electrons. The van der Waals surface area contributed by atoms with Crippen LogP contribution in [0.25, 0.3) is 26.1 Å². The first-order chi connectivity index (χ1) is 17.1. The van der Waals surface area contributed by atoms with E-state index in [0.717, 1.165) is 30.2 Å². The summed E-state index contributed by atoms with van der Waals surface area (Å²) in [6, 6.07) is 8.04. The first-order valence-corrected chi connectivity index (χ1v) is 12.8. The quantitative estimate of drug-likeness (QED) is 0.459. The van der Waals surface area contributed by atoms with Gasteiger partial charge in [0.15, 0.2) is 5.65 Å². The van der Waals surface area contributed by atoms with Crippen LogP contribution in [0.4, 0.5) is 10.2 Å². The number of nitrogens with zero attached hydrogens (tertiary/aromatic N) is 4. The Balaban J connectivity index is 1.49. The Kier molecular flexibility index (Phi) is 5.87. The van der Waals surface area contributed by atoms with Gasteiger partial charge in [-0.25, -0.2) is 9.37 Å². The Morgan fingerprint density at radius 2 is 1.91 bits per heavy atom. The lowest BCUT2D eigenvalue weighted by Gasteiger charge is -2.28. The molecule has 6 rings (SSSR count). The van der Waals surface area contributed by atoms with Crippen LogP contribution in [-0.2, 0) is 4.74 Å². The summed E-state index contributed by atoms with van der Waals surface area (Å²) in [5.74, 6) is -0.0598. The summed E-state index contributed by atoms with van der Waals surface area (Å²) in [4.78, 5) is 36.6. The summed E-state index contributed by atoms with van der Waals surface area (Å²) in [5.41, 5.74) is 0.750. The molecule has 0 bridgehead atoms. The fraction of sp³-hybridized carbons (Fsp3) is 0.400. The molecule has 35 heavy (non-hydrogen) atoms. The Morgan fingerprint density at radius 3 is 2.71 bits per heavy atom. The van der Waals surface area contributed by atoms with Crippen LogP contribution in [0.15, 0.2) is 35.1 Å². The summed E-state index contributed by atoms with van der Waals surface area (Å²) >= 11 is 1.31. The van der Waals surface area contributed by atoms with E-state index in [2.05, 4.69) is 15.1 Å². The van der Waals surface area contributed by atoms with Crippen LogP contribution in [0, 0.1) is 5.82 Å². The van der Waals surface area contributed by atoms with Gasteiger partial charge in [-0.05, 0) is 56.3 Å². The molecule has 1 aromatic carbocycles. The lowest BCUT2D eigenvalue weighted by Crippen LogP contribution is -2.37. The third kappa shape index (κ3) is 4.05. The second-order valence-electron chi connectivity index (χ2n) is 9.00. The number of fused-ring (bicyclic) bond motifs is 5. The first kappa shape index (κ1) is 22.4. The monoisotopic (exact) mass is 495 g/mol. The minimum atomic E-state index is -0.405. The third-order valence-electron chi connectivity index (χ3n) is 6.80. The number of carbonyl (C=O) groups excluding carboxylic acids is 1. The van der Waals surface area contributed by atoms with E-state index in [4.69, 9.17) is 9.72 Å². The van der Waals surface area contributed by atoms with Gasteiger partial charge in [-0.1, -0.05) is 0 Å². The van der Waals surface area contributed by atoms with Crippen LogP contribution in [0.3, 0.4) is 0 Å². The molecule has 8 nitrogen and oxygen atoms in total. The molecule has 0 aliphatic carbocycles. The minimum absolute atomic E-state index is 0.0847. The van der Waals surface area contributed by atoms with Crippen LogP contribution in [0.5, 0.6) is 0 Å². The molecule has 2 aliphatic rings. The molecule has 2 fully saturated rings. The van der Waals surface area contributed by atoms with Gasteiger partial charge in [-0.15, -0.1) is 11.3 Å². The van der Waals surface area contributed by atoms with E-state index in [1.54, 1.807) is 16.5 Å². The van der Waals surface area contributed by atoms with Crippen molar-refractivity contribution in [1.29, 1.82) is 0 Å². The van der Waals surface area contributed by atoms with Crippen LogP contribution >= 0.6 is 11.3 Å². The number of carbonyl (C=O) groups is 1. The lowest BCUT2D eigenvalue weighted by atomic mass is 10.1. The molecule has 182 valence electrons. The summed E-state index contributed by atoms with van der Waals surface area (Å²) in [6.07, 6.45) is 2.36. The molecule has 0 unspecified atom stereocenters. The van der Waals surface area contributed by atoms with E-state index in [9.17, 15) is 14.0 Å². The van der Waals surface area contributed by atoms with Gasteiger partial charge in [-0.2, -0.15) is 0 Å². The number of anilines is 1. The maximum absolute atomic E-state index is 14.3. The van der Waals surface area contributed by atoms with Crippen molar-refractivity contribution in [2.75, 3.05) is 57.4 Å². The van der Waals surface area contributed by atoms with Crippen LogP contribution in [0.2, 0.25) is 0 Å². The van der Waals surface area contributed by atoms with Gasteiger partial charge in [0, 0.05) is 26.2 Å². The molecule has 4 aromatic rings. The van der Waals surface area contributed by atoms with E-state index in [0.29, 0.717) is 54.2 Å². The molecule has 2 aliphatic heterocycles. The predicted octanol–water partition coefficient (Wildman–Crippen LogP) is 2.86. The smallest absolute Gasteiger partial charge is 0.258 e. The lowest BCUT2D eigenvalue weighted by molar-refractivity contribution is 0.0950. The number of hydrogen-bond donors (Lipinski definition) is 1. The van der Waals surface area contributed by atoms with Crippen molar-refractivity contribution in [3.63, 3.8) is 0 Å². The molecule has 0 saturated carbocycles. The molecule has 2 saturated heterocycles. The van der Waals surface area contributed by atoms with Crippen molar-refractivity contribution in [1.82, 2.24) is 19.6 Å². The number of rotatable bonds is 5. The van der Waals surface area contributed by atoms with Crippen molar-refractivity contribution >= 4 is 49.1 Å². The van der Waals surface area contributed by atoms with Crippen molar-refractivity contribution in [2.24, 2.45) is 0 Å². The van der Waals surface area contributed by atoms with Gasteiger partial charge in [0.05, 0.1) is 28.8 Å². The Hall–Kier alpha value is -3.08. The Bertz CT molecular complexity index is 1490. The maximum Gasteiger partial charge on any atom is 0.258 e. The third-order valence-corrected chi connectivity index (χ3v) is 7.95. The van der Waals surface area contributed by atoms with E-state index in [1.165, 1.54) is 36.3 Å². The average molecular weight is 496 g/mol. The number of hydrogen-bond acceptors (Lipinski definition) is 7. The second-order valence-corrected chi connectivity index (χ2v) is 10.0. The Morgan fingerprint density at radius 1 is 1.11 bits per heavy atom. The molecule has 5 heterocycles. The Labute approximate surface area is 204 Å².